The van der Waals surface area contributed by atoms with Crippen molar-refractivity contribution in [2.75, 3.05) is 32.0 Å². The number of carbonyl (C=O) groups is 2. The lowest BCUT2D eigenvalue weighted by Crippen LogP contribution is -2.38. The summed E-state index contributed by atoms with van der Waals surface area (Å²) in [7, 11) is 4.40. The standard InChI is InChI=1S/C23H23N5O5S2/c1-31-12-7-8-13(17(9-12)32-2)19-14(10-24)21(25)28(15-5-4-6-16(29)20(15)19)22-26-27-23(35-22)34-11-18(30)33-3/h7-9,19H,4-6,11,25H2,1-3H3. The topological polar surface area (TPSA) is 141 Å². The Kier molecular flexibility index (Phi) is 7.28. The molecule has 1 aliphatic heterocycles. The van der Waals surface area contributed by atoms with Crippen LogP contribution in [0.4, 0.5) is 5.13 Å². The van der Waals surface area contributed by atoms with Gasteiger partial charge >= 0.3 is 5.97 Å². The fourth-order valence-corrected chi connectivity index (χ4v) is 5.92. The zero-order chi connectivity index (χ0) is 25.1. The Labute approximate surface area is 210 Å². The van der Waals surface area contributed by atoms with Gasteiger partial charge in [-0.2, -0.15) is 5.26 Å². The molecule has 2 aliphatic rings. The first kappa shape index (κ1) is 24.6. The molecule has 182 valence electrons. The van der Waals surface area contributed by atoms with Gasteiger partial charge in [-0.1, -0.05) is 29.2 Å². The van der Waals surface area contributed by atoms with Gasteiger partial charge in [0.2, 0.25) is 5.13 Å². The van der Waals surface area contributed by atoms with Crippen molar-refractivity contribution in [3.8, 4) is 17.6 Å². The molecule has 0 radical (unpaired) electrons. The van der Waals surface area contributed by atoms with E-state index in [2.05, 4.69) is 21.0 Å². The van der Waals surface area contributed by atoms with Gasteiger partial charge in [0.15, 0.2) is 10.1 Å². The summed E-state index contributed by atoms with van der Waals surface area (Å²) in [5.41, 5.74) is 8.65. The van der Waals surface area contributed by atoms with Gasteiger partial charge in [0, 0.05) is 29.3 Å². The second-order valence-corrected chi connectivity index (χ2v) is 9.82. The van der Waals surface area contributed by atoms with Crippen LogP contribution in [0, 0.1) is 11.3 Å². The highest BCUT2D eigenvalue weighted by Crippen LogP contribution is 2.49. The molecule has 1 atom stereocenters. The van der Waals surface area contributed by atoms with E-state index in [0.717, 1.165) is 0 Å². The van der Waals surface area contributed by atoms with Crippen molar-refractivity contribution < 1.29 is 23.8 Å². The normalized spacial score (nSPS) is 17.7. The van der Waals surface area contributed by atoms with E-state index in [0.29, 0.717) is 57.1 Å². The number of esters is 1. The molecule has 0 spiro atoms. The Morgan fingerprint density at radius 2 is 2.09 bits per heavy atom. The second kappa shape index (κ2) is 10.4. The summed E-state index contributed by atoms with van der Waals surface area (Å²) in [6.07, 6.45) is 1.61. The van der Waals surface area contributed by atoms with Gasteiger partial charge in [-0.15, -0.1) is 10.2 Å². The summed E-state index contributed by atoms with van der Waals surface area (Å²) in [6, 6.07) is 7.49. The van der Waals surface area contributed by atoms with Crippen LogP contribution in [-0.2, 0) is 14.3 Å². The monoisotopic (exact) mass is 513 g/mol. The quantitative estimate of drug-likeness (QED) is 0.431. The summed E-state index contributed by atoms with van der Waals surface area (Å²) in [4.78, 5) is 26.4. The van der Waals surface area contributed by atoms with Crippen molar-refractivity contribution in [1.82, 2.24) is 10.2 Å². The van der Waals surface area contributed by atoms with E-state index in [1.54, 1.807) is 30.2 Å². The third-order valence-corrected chi connectivity index (χ3v) is 7.81. The summed E-state index contributed by atoms with van der Waals surface area (Å²) in [5, 5.41) is 19.0. The van der Waals surface area contributed by atoms with Crippen molar-refractivity contribution in [3.05, 3.63) is 46.4 Å². The van der Waals surface area contributed by atoms with E-state index in [1.807, 2.05) is 0 Å². The van der Waals surface area contributed by atoms with Crippen LogP contribution in [0.25, 0.3) is 0 Å². The minimum atomic E-state index is -0.680. The van der Waals surface area contributed by atoms with Crippen LogP contribution in [0.2, 0.25) is 0 Å². The minimum absolute atomic E-state index is 0.0517. The van der Waals surface area contributed by atoms with Gasteiger partial charge in [-0.3, -0.25) is 14.5 Å². The molecule has 1 aromatic carbocycles. The summed E-state index contributed by atoms with van der Waals surface area (Å²) >= 11 is 2.42. The number of ketones is 1. The molecule has 2 N–H and O–H groups in total. The Bertz CT molecular complexity index is 1280. The number of benzene rings is 1. The van der Waals surface area contributed by atoms with E-state index in [1.165, 1.54) is 37.3 Å². The van der Waals surface area contributed by atoms with Gasteiger partial charge in [-0.25, -0.2) is 0 Å². The maximum atomic E-state index is 13.3. The van der Waals surface area contributed by atoms with Crippen molar-refractivity contribution in [2.24, 2.45) is 5.73 Å². The van der Waals surface area contributed by atoms with Crippen molar-refractivity contribution in [2.45, 2.75) is 29.5 Å². The van der Waals surface area contributed by atoms with Crippen LogP contribution in [0.5, 0.6) is 11.5 Å². The number of anilines is 1. The van der Waals surface area contributed by atoms with Gasteiger partial charge in [0.25, 0.3) is 0 Å². The first-order chi connectivity index (χ1) is 16.9. The van der Waals surface area contributed by atoms with Gasteiger partial charge < -0.3 is 19.9 Å². The first-order valence-electron chi connectivity index (χ1n) is 10.6. The fraction of sp³-hybridized carbons (Fsp3) is 0.348. The van der Waals surface area contributed by atoms with Crippen LogP contribution in [0.1, 0.15) is 30.7 Å². The van der Waals surface area contributed by atoms with E-state index in [9.17, 15) is 14.9 Å². The average molecular weight is 514 g/mol. The molecule has 2 heterocycles. The molecule has 4 rings (SSSR count). The Hall–Kier alpha value is -3.56. The van der Waals surface area contributed by atoms with E-state index in [-0.39, 0.29) is 28.9 Å². The van der Waals surface area contributed by atoms with Crippen LogP contribution in [0.15, 0.2) is 45.2 Å². The van der Waals surface area contributed by atoms with E-state index in [4.69, 9.17) is 15.2 Å². The van der Waals surface area contributed by atoms with Crippen LogP contribution >= 0.6 is 23.1 Å². The minimum Gasteiger partial charge on any atom is -0.497 e. The highest BCUT2D eigenvalue weighted by Gasteiger charge is 2.42. The van der Waals surface area contributed by atoms with Gasteiger partial charge in [0.05, 0.1) is 44.6 Å². The van der Waals surface area contributed by atoms with E-state index >= 15 is 0 Å². The highest BCUT2D eigenvalue weighted by atomic mass is 32.2. The molecule has 35 heavy (non-hydrogen) atoms. The number of carbonyl (C=O) groups excluding carboxylic acids is 2. The summed E-state index contributed by atoms with van der Waals surface area (Å²) < 4.78 is 16.1. The molecule has 0 bridgehead atoms. The maximum absolute atomic E-state index is 13.3. The number of Topliss-reactive ketones (excluding diaryl/α,β-unsaturated/α-hetero) is 1. The van der Waals surface area contributed by atoms with Gasteiger partial charge in [-0.05, 0) is 18.9 Å². The summed E-state index contributed by atoms with van der Waals surface area (Å²) in [6.45, 7) is 0. The average Bonchev–Trinajstić information content (AvgIpc) is 3.34. The van der Waals surface area contributed by atoms with Crippen LogP contribution < -0.4 is 20.1 Å². The lowest BCUT2D eigenvalue weighted by atomic mass is 9.75. The number of hydrogen-bond donors (Lipinski definition) is 1. The first-order valence-corrected chi connectivity index (χ1v) is 12.4. The molecule has 2 aromatic rings. The smallest absolute Gasteiger partial charge is 0.316 e. The summed E-state index contributed by atoms with van der Waals surface area (Å²) in [5.74, 6) is 0.246. The van der Waals surface area contributed by atoms with Crippen LogP contribution in [0.3, 0.4) is 0 Å². The lowest BCUT2D eigenvalue weighted by molar-refractivity contribution is -0.137. The maximum Gasteiger partial charge on any atom is 0.316 e. The number of nitrogens with two attached hydrogens (primary N) is 1. The number of thioether (sulfide) groups is 1. The zero-order valence-electron chi connectivity index (χ0n) is 19.4. The third kappa shape index (κ3) is 4.56. The molecule has 1 aromatic heterocycles. The Morgan fingerprint density at radius 1 is 1.29 bits per heavy atom. The number of allylic oxidation sites excluding steroid dienone is 3. The molecule has 0 saturated heterocycles. The van der Waals surface area contributed by atoms with Crippen molar-refractivity contribution in [3.63, 3.8) is 0 Å². The number of ether oxygens (including phenoxy) is 3. The number of rotatable bonds is 7. The highest BCUT2D eigenvalue weighted by molar-refractivity contribution is 8.01. The molecule has 0 amide bonds. The molecular weight excluding hydrogens is 490 g/mol. The predicted molar refractivity (Wildman–Crippen MR) is 130 cm³/mol. The van der Waals surface area contributed by atoms with Crippen molar-refractivity contribution in [1.29, 1.82) is 5.26 Å². The zero-order valence-corrected chi connectivity index (χ0v) is 21.0. The molecule has 0 saturated carbocycles. The molecule has 1 aliphatic carbocycles. The fourth-order valence-electron chi connectivity index (χ4n) is 4.20. The number of methoxy groups -OCH3 is 3. The molecular formula is C23H23N5O5S2. The Morgan fingerprint density at radius 3 is 2.77 bits per heavy atom. The van der Waals surface area contributed by atoms with Gasteiger partial charge in [0.1, 0.15) is 17.3 Å². The predicted octanol–water partition coefficient (Wildman–Crippen LogP) is 3.13. The third-order valence-electron chi connectivity index (χ3n) is 5.79. The molecule has 12 heteroatoms. The molecule has 0 fully saturated rings. The molecule has 10 nitrogen and oxygen atoms in total. The largest absolute Gasteiger partial charge is 0.497 e. The van der Waals surface area contributed by atoms with E-state index < -0.39 is 5.92 Å². The number of aromatic nitrogens is 2. The molecule has 1 unspecified atom stereocenters. The van der Waals surface area contributed by atoms with Crippen LogP contribution in [-0.4, -0.2) is 49.0 Å². The number of nitrogens with zero attached hydrogens (tertiary/aromatic N) is 4. The SMILES string of the molecule is COC(=O)CSc1nnc(N2C(N)=C(C#N)C(c3ccc(OC)cc3OC)C3=C2CCCC3=O)s1. The lowest BCUT2D eigenvalue weighted by Gasteiger charge is -2.38. The second-order valence-electron chi connectivity index (χ2n) is 7.64. The van der Waals surface area contributed by atoms with Crippen molar-refractivity contribution >= 4 is 40.0 Å². The Balaban J connectivity index is 1.83. The number of nitriles is 1. The number of hydrogen-bond acceptors (Lipinski definition) is 12.